The van der Waals surface area contributed by atoms with E-state index in [1.165, 1.54) is 0 Å². The van der Waals surface area contributed by atoms with E-state index in [-0.39, 0.29) is 0 Å². The summed E-state index contributed by atoms with van der Waals surface area (Å²) in [7, 11) is 0. The largest absolute Gasteiger partial charge is 0.550 e. The molecule has 0 aromatic rings. The second kappa shape index (κ2) is 5.53. The summed E-state index contributed by atoms with van der Waals surface area (Å²) in [5, 5.41) is 30.2. The van der Waals surface area contributed by atoms with Crippen molar-refractivity contribution in [3.8, 4) is 0 Å². The molecule has 0 aliphatic rings. The first-order valence-corrected chi connectivity index (χ1v) is 3.68. The van der Waals surface area contributed by atoms with Crippen LogP contribution in [0.3, 0.4) is 0 Å². The van der Waals surface area contributed by atoms with E-state index in [9.17, 15) is 34.5 Å². The van der Waals surface area contributed by atoms with Gasteiger partial charge in [0.15, 0.2) is 0 Å². The smallest absolute Gasteiger partial charge is 0.200 e. The maximum atomic E-state index is 10.4. The highest BCUT2D eigenvalue weighted by Gasteiger charge is 2.07. The first kappa shape index (κ1) is 12.8. The van der Waals surface area contributed by atoms with E-state index < -0.39 is 36.0 Å². The van der Waals surface area contributed by atoms with Crippen LogP contribution in [0, 0.1) is 5.92 Å². The molecule has 0 rings (SSSR count). The molecule has 0 saturated carbocycles. The van der Waals surface area contributed by atoms with Gasteiger partial charge in [0.25, 0.3) is 0 Å². The first-order chi connectivity index (χ1) is 6.84. The van der Waals surface area contributed by atoms with Crippen molar-refractivity contribution >= 4 is 23.7 Å². The van der Waals surface area contributed by atoms with Gasteiger partial charge < -0.3 is 29.7 Å². The lowest BCUT2D eigenvalue weighted by atomic mass is 10.1. The second-order valence-corrected chi connectivity index (χ2v) is 2.51. The van der Waals surface area contributed by atoms with Gasteiger partial charge in [-0.1, -0.05) is 6.08 Å². The summed E-state index contributed by atoms with van der Waals surface area (Å²) >= 11 is 0. The molecule has 0 aliphatic heterocycles. The lowest BCUT2D eigenvalue weighted by Crippen LogP contribution is -2.35. The zero-order valence-corrected chi connectivity index (χ0v) is 7.30. The average molecular weight is 213 g/mol. The molecule has 7 nitrogen and oxygen atoms in total. The Hall–Kier alpha value is -2.18. The monoisotopic (exact) mass is 213 g/mol. The number of carboxylic acid groups (broad SMARTS) is 3. The van der Waals surface area contributed by atoms with Crippen molar-refractivity contribution in [2.75, 3.05) is 0 Å². The molecule has 82 valence electrons. The van der Waals surface area contributed by atoms with Crippen LogP contribution in [0.4, 0.5) is 0 Å². The predicted octanol–water partition coefficient (Wildman–Crippen LogP) is -4.63. The number of hydrogen-bond acceptors (Lipinski definition) is 7. The zero-order chi connectivity index (χ0) is 12.0. The van der Waals surface area contributed by atoms with Crippen LogP contribution in [-0.2, 0) is 19.2 Å². The molecule has 0 amide bonds. The predicted molar refractivity (Wildman–Crippen MR) is 37.3 cm³/mol. The second-order valence-electron chi connectivity index (χ2n) is 2.51. The minimum atomic E-state index is -2.02. The van der Waals surface area contributed by atoms with Gasteiger partial charge in [0.05, 0.1) is 0 Å². The van der Waals surface area contributed by atoms with Crippen LogP contribution in [0.15, 0.2) is 12.2 Å². The van der Waals surface area contributed by atoms with Gasteiger partial charge in [-0.3, -0.25) is 4.79 Å². The van der Waals surface area contributed by atoms with Crippen LogP contribution in [0.1, 0.15) is 6.42 Å². The third-order valence-corrected chi connectivity index (χ3v) is 1.37. The van der Waals surface area contributed by atoms with Crippen LogP contribution in [0.2, 0.25) is 0 Å². The highest BCUT2D eigenvalue weighted by molar-refractivity contribution is 6.36. The van der Waals surface area contributed by atoms with Crippen molar-refractivity contribution in [3.05, 3.63) is 12.2 Å². The Bertz CT molecular complexity index is 328. The van der Waals surface area contributed by atoms with Crippen molar-refractivity contribution in [3.63, 3.8) is 0 Å². The Labute approximate surface area is 83.6 Å². The van der Waals surface area contributed by atoms with Gasteiger partial charge in [-0.2, -0.15) is 0 Å². The molecule has 1 atom stereocenters. The molecule has 1 unspecified atom stereocenters. The van der Waals surface area contributed by atoms with E-state index in [0.29, 0.717) is 12.2 Å². The molecule has 0 aromatic carbocycles. The molecular weight excluding hydrogens is 208 g/mol. The first-order valence-electron chi connectivity index (χ1n) is 3.68. The van der Waals surface area contributed by atoms with Crippen molar-refractivity contribution in [1.29, 1.82) is 0 Å². The third-order valence-electron chi connectivity index (χ3n) is 1.37. The van der Waals surface area contributed by atoms with Crippen molar-refractivity contribution in [2.45, 2.75) is 6.42 Å². The van der Waals surface area contributed by atoms with Crippen LogP contribution >= 0.6 is 0 Å². The molecule has 15 heavy (non-hydrogen) atoms. The Morgan fingerprint density at radius 1 is 1.07 bits per heavy atom. The molecule has 0 aliphatic carbocycles. The van der Waals surface area contributed by atoms with Gasteiger partial charge in [-0.15, -0.1) is 0 Å². The van der Waals surface area contributed by atoms with Gasteiger partial charge >= 0.3 is 0 Å². The summed E-state index contributed by atoms with van der Waals surface area (Å²) in [6.07, 6.45) is 0.0984. The Kier molecular flexibility index (Phi) is 4.73. The molecule has 0 spiro atoms. The summed E-state index contributed by atoms with van der Waals surface area (Å²) < 4.78 is 0. The summed E-state index contributed by atoms with van der Waals surface area (Å²) in [6, 6.07) is 0. The minimum absolute atomic E-state index is 0.402. The minimum Gasteiger partial charge on any atom is -0.550 e. The molecule has 0 bridgehead atoms. The third kappa shape index (κ3) is 5.19. The molecule has 0 radical (unpaired) electrons. The van der Waals surface area contributed by atoms with E-state index in [1.54, 1.807) is 0 Å². The van der Waals surface area contributed by atoms with Crippen LogP contribution in [-0.4, -0.2) is 23.7 Å². The van der Waals surface area contributed by atoms with Gasteiger partial charge in [-0.05, 0) is 12.5 Å². The summed E-state index contributed by atoms with van der Waals surface area (Å²) in [5.41, 5.74) is 0. The highest BCUT2D eigenvalue weighted by atomic mass is 16.4. The van der Waals surface area contributed by atoms with Gasteiger partial charge in [-0.25, -0.2) is 0 Å². The lowest BCUT2D eigenvalue weighted by Gasteiger charge is -2.13. The van der Waals surface area contributed by atoms with Crippen LogP contribution in [0.25, 0.3) is 0 Å². The fourth-order valence-electron chi connectivity index (χ4n) is 0.681. The van der Waals surface area contributed by atoms with E-state index in [1.807, 2.05) is 0 Å². The molecule has 0 saturated heterocycles. The molecule has 0 aromatic heterocycles. The number of aliphatic carboxylic acids is 3. The van der Waals surface area contributed by atoms with Gasteiger partial charge in [0.2, 0.25) is 5.78 Å². The summed E-state index contributed by atoms with van der Waals surface area (Å²) in [4.78, 5) is 40.7. The quantitative estimate of drug-likeness (QED) is 0.319. The molecule has 0 fully saturated rings. The normalized spacial score (nSPS) is 12.3. The topological polar surface area (TPSA) is 137 Å². The van der Waals surface area contributed by atoms with Crippen molar-refractivity contribution < 1.29 is 34.5 Å². The Balaban J connectivity index is 4.54. The number of carbonyl (C=O) groups excluding carboxylic acids is 4. The maximum Gasteiger partial charge on any atom is 0.200 e. The number of carbonyl (C=O) groups is 4. The highest BCUT2D eigenvalue weighted by Crippen LogP contribution is 2.03. The lowest BCUT2D eigenvalue weighted by molar-refractivity contribution is -0.318. The maximum absolute atomic E-state index is 10.4. The fourth-order valence-corrected chi connectivity index (χ4v) is 0.681. The van der Waals surface area contributed by atoms with E-state index >= 15 is 0 Å². The van der Waals surface area contributed by atoms with Crippen molar-refractivity contribution in [1.82, 2.24) is 0 Å². The number of hydrogen-bond donors (Lipinski definition) is 0. The average Bonchev–Trinajstić information content (AvgIpc) is 2.10. The molecule has 0 heterocycles. The van der Waals surface area contributed by atoms with Crippen molar-refractivity contribution in [2.24, 2.45) is 5.92 Å². The standard InChI is InChI=1S/C8H8O7/c9-5(8(14)15)2-1-4(7(12)13)3-6(10)11/h1-2,4H,3H2,(H,10,11)(H,12,13)(H,14,15)/p-3/b2-1+. The Morgan fingerprint density at radius 2 is 1.60 bits per heavy atom. The molecular formula is C8H5O7-3. The van der Waals surface area contributed by atoms with E-state index in [4.69, 9.17) is 0 Å². The zero-order valence-electron chi connectivity index (χ0n) is 7.30. The molecule has 7 heteroatoms. The SMILES string of the molecule is O=C([O-])CC(/C=C/C(=O)C(=O)[O-])C(=O)[O-]. The fraction of sp³-hybridized carbons (Fsp3) is 0.250. The van der Waals surface area contributed by atoms with Gasteiger partial charge in [0.1, 0.15) is 5.97 Å². The Morgan fingerprint density at radius 3 is 1.93 bits per heavy atom. The summed E-state index contributed by atoms with van der Waals surface area (Å²) in [6.45, 7) is 0. The number of rotatable bonds is 6. The molecule has 0 N–H and O–H groups in total. The van der Waals surface area contributed by atoms with Crippen LogP contribution in [0.5, 0.6) is 0 Å². The number of ketones is 1. The van der Waals surface area contributed by atoms with E-state index in [0.717, 1.165) is 0 Å². The summed E-state index contributed by atoms with van der Waals surface area (Å²) in [5.74, 6) is -8.49. The van der Waals surface area contributed by atoms with E-state index in [2.05, 4.69) is 0 Å². The number of carboxylic acids is 3. The van der Waals surface area contributed by atoms with Gasteiger partial charge in [0, 0.05) is 17.9 Å². The van der Waals surface area contributed by atoms with Crippen LogP contribution < -0.4 is 15.3 Å².